The molecule has 0 atom stereocenters. The summed E-state index contributed by atoms with van der Waals surface area (Å²) in [5.41, 5.74) is 7.81. The maximum absolute atomic E-state index is 13.9. The van der Waals surface area contributed by atoms with Gasteiger partial charge >= 0.3 is 0 Å². The van der Waals surface area contributed by atoms with Crippen LogP contribution in [0.1, 0.15) is 40.2 Å². The van der Waals surface area contributed by atoms with Crippen LogP contribution in [0.2, 0.25) is 0 Å². The third-order valence-corrected chi connectivity index (χ3v) is 5.16. The predicted octanol–water partition coefficient (Wildman–Crippen LogP) is 3.03. The van der Waals surface area contributed by atoms with Crippen molar-refractivity contribution in [3.8, 4) is 5.75 Å². The van der Waals surface area contributed by atoms with Crippen LogP contribution in [0.5, 0.6) is 5.75 Å². The van der Waals surface area contributed by atoms with E-state index in [9.17, 15) is 13.6 Å². The van der Waals surface area contributed by atoms with Gasteiger partial charge in [-0.15, -0.1) is 0 Å². The fraction of sp³-hybridized carbons (Fsp3) is 0.333. The number of benzene rings is 1. The van der Waals surface area contributed by atoms with Gasteiger partial charge in [0.15, 0.2) is 11.4 Å². The lowest BCUT2D eigenvalue weighted by atomic mass is 9.87. The standard InChI is InChI=1S/C21H22F2N4O2/c1-11-6-18(29-10-15-16(22)4-3-5-17(15)23)20-25-12(2)19(27(20)9-11)21(28)26-14-7-13(24)8-14/h3-6,9,13-14H,7-8,10,24H2,1-2H3,(H,26,28). The molecule has 6 nitrogen and oxygen atoms in total. The number of fused-ring (bicyclic) bond motifs is 1. The van der Waals surface area contributed by atoms with Crippen LogP contribution in [-0.4, -0.2) is 27.4 Å². The lowest BCUT2D eigenvalue weighted by Crippen LogP contribution is -2.50. The van der Waals surface area contributed by atoms with E-state index in [1.807, 2.05) is 6.92 Å². The largest absolute Gasteiger partial charge is 0.485 e. The molecule has 0 unspecified atom stereocenters. The summed E-state index contributed by atoms with van der Waals surface area (Å²) in [6.07, 6.45) is 3.29. The van der Waals surface area contributed by atoms with Crippen molar-refractivity contribution in [2.24, 2.45) is 5.73 Å². The second-order valence-corrected chi connectivity index (χ2v) is 7.51. The fourth-order valence-electron chi connectivity index (χ4n) is 3.59. The molecule has 0 radical (unpaired) electrons. The minimum Gasteiger partial charge on any atom is -0.485 e. The molecule has 152 valence electrons. The molecule has 1 aliphatic rings. The number of imidazole rings is 1. The average Bonchev–Trinajstić information content (AvgIpc) is 2.95. The van der Waals surface area contributed by atoms with Gasteiger partial charge in [-0.3, -0.25) is 9.20 Å². The quantitative estimate of drug-likeness (QED) is 0.690. The van der Waals surface area contributed by atoms with Crippen molar-refractivity contribution in [3.63, 3.8) is 0 Å². The predicted molar refractivity (Wildman–Crippen MR) is 104 cm³/mol. The Kier molecular flexibility index (Phi) is 4.96. The van der Waals surface area contributed by atoms with E-state index in [-0.39, 0.29) is 30.2 Å². The highest BCUT2D eigenvalue weighted by Crippen LogP contribution is 2.26. The van der Waals surface area contributed by atoms with Gasteiger partial charge in [-0.05, 0) is 50.5 Å². The van der Waals surface area contributed by atoms with Crippen molar-refractivity contribution < 1.29 is 18.3 Å². The van der Waals surface area contributed by atoms with Gasteiger partial charge in [-0.25, -0.2) is 13.8 Å². The van der Waals surface area contributed by atoms with E-state index in [4.69, 9.17) is 10.5 Å². The lowest BCUT2D eigenvalue weighted by Gasteiger charge is -2.32. The monoisotopic (exact) mass is 400 g/mol. The van der Waals surface area contributed by atoms with Crippen LogP contribution in [0.15, 0.2) is 30.5 Å². The molecule has 0 saturated heterocycles. The number of halogens is 2. The van der Waals surface area contributed by atoms with E-state index in [0.29, 0.717) is 22.8 Å². The number of hydrogen-bond donors (Lipinski definition) is 2. The molecule has 1 fully saturated rings. The molecular formula is C21H22F2N4O2. The van der Waals surface area contributed by atoms with Crippen molar-refractivity contribution in [3.05, 3.63) is 64.6 Å². The minimum atomic E-state index is -0.674. The van der Waals surface area contributed by atoms with Gasteiger partial charge in [0.1, 0.15) is 23.9 Å². The zero-order valence-corrected chi connectivity index (χ0v) is 16.2. The average molecular weight is 400 g/mol. The van der Waals surface area contributed by atoms with Crippen molar-refractivity contribution in [2.75, 3.05) is 0 Å². The fourth-order valence-corrected chi connectivity index (χ4v) is 3.59. The van der Waals surface area contributed by atoms with E-state index < -0.39 is 11.6 Å². The first-order valence-corrected chi connectivity index (χ1v) is 9.45. The Labute approximate surface area is 166 Å². The molecule has 3 N–H and O–H groups in total. The first-order valence-electron chi connectivity index (χ1n) is 9.45. The molecule has 29 heavy (non-hydrogen) atoms. The molecule has 2 heterocycles. The summed E-state index contributed by atoms with van der Waals surface area (Å²) < 4.78 is 35.2. The summed E-state index contributed by atoms with van der Waals surface area (Å²) in [7, 11) is 0. The number of rotatable bonds is 5. The maximum Gasteiger partial charge on any atom is 0.270 e. The Hall–Kier alpha value is -3.00. The first kappa shape index (κ1) is 19.3. The molecule has 0 bridgehead atoms. The number of nitrogens with one attached hydrogen (secondary N) is 1. The number of amides is 1. The first-order chi connectivity index (χ1) is 13.8. The second kappa shape index (κ2) is 7.44. The third-order valence-electron chi connectivity index (χ3n) is 5.16. The van der Waals surface area contributed by atoms with E-state index >= 15 is 0 Å². The number of carbonyl (C=O) groups excluding carboxylic acids is 1. The van der Waals surface area contributed by atoms with E-state index in [2.05, 4.69) is 10.3 Å². The van der Waals surface area contributed by atoms with Crippen molar-refractivity contribution >= 4 is 11.6 Å². The Balaban J connectivity index is 1.64. The smallest absolute Gasteiger partial charge is 0.270 e. The normalized spacial score (nSPS) is 18.5. The van der Waals surface area contributed by atoms with Gasteiger partial charge < -0.3 is 15.8 Å². The van der Waals surface area contributed by atoms with Gasteiger partial charge in [0.05, 0.1) is 11.3 Å². The van der Waals surface area contributed by atoms with Gasteiger partial charge in [-0.2, -0.15) is 0 Å². The number of pyridine rings is 1. The van der Waals surface area contributed by atoms with E-state index in [1.165, 1.54) is 18.2 Å². The van der Waals surface area contributed by atoms with Gasteiger partial charge in [0.25, 0.3) is 5.91 Å². The molecule has 1 amide bonds. The zero-order valence-electron chi connectivity index (χ0n) is 16.2. The number of hydrogen-bond acceptors (Lipinski definition) is 4. The maximum atomic E-state index is 13.9. The number of aryl methyl sites for hydroxylation is 2. The molecule has 1 aliphatic carbocycles. The van der Waals surface area contributed by atoms with Crippen LogP contribution >= 0.6 is 0 Å². The Morgan fingerprint density at radius 3 is 2.66 bits per heavy atom. The molecule has 2 aromatic heterocycles. The number of carbonyl (C=O) groups is 1. The van der Waals surface area contributed by atoms with Crippen molar-refractivity contribution in [1.82, 2.24) is 14.7 Å². The van der Waals surface area contributed by atoms with Crippen molar-refractivity contribution in [1.29, 1.82) is 0 Å². The highest BCUT2D eigenvalue weighted by molar-refractivity contribution is 5.95. The summed E-state index contributed by atoms with van der Waals surface area (Å²) in [4.78, 5) is 17.3. The van der Waals surface area contributed by atoms with Crippen LogP contribution in [0.3, 0.4) is 0 Å². The van der Waals surface area contributed by atoms with Crippen LogP contribution in [0, 0.1) is 25.5 Å². The van der Waals surface area contributed by atoms with Crippen LogP contribution in [-0.2, 0) is 6.61 Å². The summed E-state index contributed by atoms with van der Waals surface area (Å²) >= 11 is 0. The Bertz CT molecular complexity index is 1070. The summed E-state index contributed by atoms with van der Waals surface area (Å²) in [5.74, 6) is -1.23. The van der Waals surface area contributed by atoms with Crippen molar-refractivity contribution in [2.45, 2.75) is 45.4 Å². The summed E-state index contributed by atoms with van der Waals surface area (Å²) in [6, 6.07) is 5.59. The zero-order chi connectivity index (χ0) is 20.7. The summed E-state index contributed by atoms with van der Waals surface area (Å²) in [6.45, 7) is 3.30. The SMILES string of the molecule is Cc1cc(OCc2c(F)cccc2F)c2nc(C)c(C(=O)NC3CC(N)C3)n2c1. The number of nitrogens with two attached hydrogens (primary N) is 1. The van der Waals surface area contributed by atoms with E-state index in [0.717, 1.165) is 18.4 Å². The number of nitrogens with zero attached hydrogens (tertiary/aromatic N) is 2. The van der Waals surface area contributed by atoms with Crippen LogP contribution in [0.25, 0.3) is 5.65 Å². The number of ether oxygens (including phenoxy) is 1. The molecule has 4 rings (SSSR count). The molecule has 1 saturated carbocycles. The topological polar surface area (TPSA) is 81.6 Å². The number of aromatic nitrogens is 2. The Morgan fingerprint density at radius 2 is 2.00 bits per heavy atom. The van der Waals surface area contributed by atoms with Crippen LogP contribution < -0.4 is 15.8 Å². The molecule has 1 aromatic carbocycles. The minimum absolute atomic E-state index is 0.0620. The van der Waals surface area contributed by atoms with Gasteiger partial charge in [0, 0.05) is 18.3 Å². The molecular weight excluding hydrogens is 378 g/mol. The highest BCUT2D eigenvalue weighted by Gasteiger charge is 2.29. The van der Waals surface area contributed by atoms with Gasteiger partial charge in [-0.1, -0.05) is 6.07 Å². The van der Waals surface area contributed by atoms with E-state index in [1.54, 1.807) is 23.6 Å². The highest BCUT2D eigenvalue weighted by atomic mass is 19.1. The third kappa shape index (κ3) is 3.67. The molecule has 0 aliphatic heterocycles. The summed E-state index contributed by atoms with van der Waals surface area (Å²) in [5, 5.41) is 2.97. The Morgan fingerprint density at radius 1 is 1.31 bits per heavy atom. The molecule has 3 aromatic rings. The van der Waals surface area contributed by atoms with Crippen LogP contribution in [0.4, 0.5) is 8.78 Å². The van der Waals surface area contributed by atoms with Gasteiger partial charge in [0.2, 0.25) is 0 Å². The molecule has 8 heteroatoms. The second-order valence-electron chi connectivity index (χ2n) is 7.51. The molecule has 0 spiro atoms. The lowest BCUT2D eigenvalue weighted by molar-refractivity contribution is 0.0903.